The van der Waals surface area contributed by atoms with Crippen LogP contribution < -0.4 is 15.8 Å². The average molecular weight is 471 g/mol. The first kappa shape index (κ1) is 25.1. The summed E-state index contributed by atoms with van der Waals surface area (Å²) < 4.78 is 74.2. The van der Waals surface area contributed by atoms with E-state index in [2.05, 4.69) is 10.6 Å². The second-order valence-corrected chi connectivity index (χ2v) is 9.95. The van der Waals surface area contributed by atoms with E-state index in [0.29, 0.717) is 0 Å². The maximum Gasteiger partial charge on any atom is 0.264 e. The van der Waals surface area contributed by atoms with Gasteiger partial charge in [0.25, 0.3) is 21.9 Å². The first-order valence-corrected chi connectivity index (χ1v) is 12.4. The van der Waals surface area contributed by atoms with Gasteiger partial charge in [0.05, 0.1) is 10.6 Å². The summed E-state index contributed by atoms with van der Waals surface area (Å²) in [6.07, 6.45) is 0.0473. The van der Waals surface area contributed by atoms with E-state index in [-0.39, 0.29) is 42.8 Å². The summed E-state index contributed by atoms with van der Waals surface area (Å²) in [5, 5.41) is 9.79. The topological polar surface area (TPSA) is 213 Å². The minimum Gasteiger partial charge on any atom is -0.772 e. The molecule has 0 saturated carbocycles. The molecule has 2 amide bonds. The molecule has 15 heteroatoms. The maximum atomic E-state index is 12.2. The Morgan fingerprint density at radius 3 is 1.90 bits per heavy atom. The largest absolute Gasteiger partial charge is 0.772 e. The van der Waals surface area contributed by atoms with Crippen molar-refractivity contribution < 1.29 is 39.7 Å². The Hall–Kier alpha value is -1.91. The lowest BCUT2D eigenvalue weighted by atomic mass is 10.1. The fourth-order valence-corrected chi connectivity index (χ4v) is 3.55. The van der Waals surface area contributed by atoms with Gasteiger partial charge in [-0.05, 0) is 31.0 Å². The molecule has 0 aromatic heterocycles. The van der Waals surface area contributed by atoms with Gasteiger partial charge in [-0.2, -0.15) is 8.42 Å². The highest BCUT2D eigenvalue weighted by Gasteiger charge is 2.18. The van der Waals surface area contributed by atoms with Gasteiger partial charge in [-0.15, -0.1) is 0 Å². The zero-order valence-electron chi connectivity index (χ0n) is 15.0. The van der Waals surface area contributed by atoms with Crippen molar-refractivity contribution in [3.63, 3.8) is 0 Å². The summed E-state index contributed by atoms with van der Waals surface area (Å²) in [4.78, 5) is 23.9. The molecule has 29 heavy (non-hydrogen) atoms. The van der Waals surface area contributed by atoms with E-state index in [4.69, 9.17) is 9.69 Å². The van der Waals surface area contributed by atoms with Gasteiger partial charge >= 0.3 is 0 Å². The van der Waals surface area contributed by atoms with Crippen LogP contribution in [0.3, 0.4) is 0 Å². The summed E-state index contributed by atoms with van der Waals surface area (Å²) in [6, 6.07) is 3.02. The molecule has 0 aliphatic heterocycles. The number of rotatable bonds is 11. The van der Waals surface area contributed by atoms with Gasteiger partial charge in [0.1, 0.15) is 0 Å². The molecule has 1 aromatic rings. The van der Waals surface area contributed by atoms with Gasteiger partial charge in [0.2, 0.25) is 10.0 Å². The molecular formula is C14H20N3O9S3-. The van der Waals surface area contributed by atoms with Crippen LogP contribution in [0, 0.1) is 0 Å². The molecule has 0 saturated heterocycles. The van der Waals surface area contributed by atoms with Crippen molar-refractivity contribution in [1.82, 2.24) is 10.6 Å². The number of carbonyl (C=O) groups excluding carboxylic acids is 2. The number of nitrogens with two attached hydrogens (primary N) is 1. The molecule has 1 unspecified atom stereocenters. The van der Waals surface area contributed by atoms with Crippen LogP contribution in [0.25, 0.3) is 0 Å². The molecular weight excluding hydrogens is 450 g/mol. The van der Waals surface area contributed by atoms with Gasteiger partial charge in [-0.3, -0.25) is 18.4 Å². The zero-order valence-corrected chi connectivity index (χ0v) is 17.4. The predicted molar refractivity (Wildman–Crippen MR) is 102 cm³/mol. The first-order chi connectivity index (χ1) is 13.3. The molecule has 0 heterocycles. The number of amides is 2. The SMILES string of the molecule is NS(=O)(=O)c1cc(C(=O)NCCCS(=O)[O-])cc(C(=O)NCCCS(=O)(=O)O)c1. The highest BCUT2D eigenvalue weighted by Crippen LogP contribution is 2.15. The van der Waals surface area contributed by atoms with Crippen molar-refractivity contribution in [1.29, 1.82) is 0 Å². The van der Waals surface area contributed by atoms with E-state index in [9.17, 15) is 35.2 Å². The van der Waals surface area contributed by atoms with E-state index in [0.717, 1.165) is 18.2 Å². The van der Waals surface area contributed by atoms with Crippen LogP contribution in [-0.4, -0.2) is 66.6 Å². The van der Waals surface area contributed by atoms with Crippen LogP contribution in [0.4, 0.5) is 0 Å². The van der Waals surface area contributed by atoms with E-state index >= 15 is 0 Å². The number of carbonyl (C=O) groups is 2. The number of sulfonamides is 1. The second kappa shape index (κ2) is 10.7. The number of hydrogen-bond donors (Lipinski definition) is 4. The van der Waals surface area contributed by atoms with Gasteiger partial charge in [0.15, 0.2) is 0 Å². The molecule has 0 fully saturated rings. The number of hydrogen-bond acceptors (Lipinski definition) is 8. The standard InChI is InChI=1S/C14H21N3O9S3/c15-29(25,26)12-8-10(13(18)16-3-1-5-27(20)21)7-11(9-12)14(19)17-4-2-6-28(22,23)24/h7-9H,1-6H2,(H,16,18)(H,17,19)(H,20,21)(H2,15,25,26)(H,22,23,24)/p-1. The summed E-state index contributed by atoms with van der Waals surface area (Å²) in [6.45, 7) is -0.129. The third-order valence-electron chi connectivity index (χ3n) is 3.40. The van der Waals surface area contributed by atoms with Crippen molar-refractivity contribution in [2.45, 2.75) is 17.7 Å². The van der Waals surface area contributed by atoms with E-state index in [1.54, 1.807) is 0 Å². The Labute approximate surface area is 170 Å². The minimum atomic E-state index is -4.25. The van der Waals surface area contributed by atoms with Crippen molar-refractivity contribution in [2.24, 2.45) is 5.14 Å². The number of nitrogens with one attached hydrogen (secondary N) is 2. The van der Waals surface area contributed by atoms with Crippen molar-refractivity contribution in [2.75, 3.05) is 24.6 Å². The first-order valence-electron chi connectivity index (χ1n) is 8.05. The molecule has 12 nitrogen and oxygen atoms in total. The fraction of sp³-hybridized carbons (Fsp3) is 0.429. The normalized spacial score (nSPS) is 12.9. The van der Waals surface area contributed by atoms with Gasteiger partial charge < -0.3 is 15.2 Å². The lowest BCUT2D eigenvalue weighted by Gasteiger charge is -2.10. The average Bonchev–Trinajstić information content (AvgIpc) is 2.59. The van der Waals surface area contributed by atoms with Crippen LogP contribution in [0.15, 0.2) is 23.1 Å². The summed E-state index contributed by atoms with van der Waals surface area (Å²) in [7, 11) is -8.44. The van der Waals surface area contributed by atoms with Gasteiger partial charge in [0, 0.05) is 30.0 Å². The van der Waals surface area contributed by atoms with Crippen LogP contribution >= 0.6 is 0 Å². The minimum absolute atomic E-state index is 0.00355. The number of benzene rings is 1. The molecule has 1 atom stereocenters. The zero-order chi connectivity index (χ0) is 22.2. The third-order valence-corrected chi connectivity index (χ3v) is 5.72. The Morgan fingerprint density at radius 1 is 1.00 bits per heavy atom. The number of primary sulfonamides is 1. The highest BCUT2D eigenvalue weighted by molar-refractivity contribution is 7.89. The Balaban J connectivity index is 2.94. The Kier molecular flexibility index (Phi) is 9.31. The molecule has 0 radical (unpaired) electrons. The Bertz CT molecular complexity index is 991. The maximum absolute atomic E-state index is 12.2. The second-order valence-electron chi connectivity index (χ2n) is 5.80. The lowest BCUT2D eigenvalue weighted by molar-refractivity contribution is 0.0953. The molecule has 1 aromatic carbocycles. The van der Waals surface area contributed by atoms with Crippen molar-refractivity contribution >= 4 is 43.0 Å². The molecule has 0 aliphatic rings. The van der Waals surface area contributed by atoms with Crippen molar-refractivity contribution in [3.05, 3.63) is 29.3 Å². The molecule has 0 aliphatic carbocycles. The monoisotopic (exact) mass is 470 g/mol. The van der Waals surface area contributed by atoms with Gasteiger partial charge in [-0.1, -0.05) is 11.1 Å². The van der Waals surface area contributed by atoms with E-state index in [1.165, 1.54) is 0 Å². The van der Waals surface area contributed by atoms with Gasteiger partial charge in [-0.25, -0.2) is 13.6 Å². The Morgan fingerprint density at radius 2 is 1.48 bits per heavy atom. The van der Waals surface area contributed by atoms with E-state index < -0.39 is 53.7 Å². The predicted octanol–water partition coefficient (Wildman–Crippen LogP) is -1.66. The third kappa shape index (κ3) is 9.91. The van der Waals surface area contributed by atoms with Crippen LogP contribution in [0.5, 0.6) is 0 Å². The van der Waals surface area contributed by atoms with Crippen LogP contribution in [0.1, 0.15) is 33.6 Å². The molecule has 1 rings (SSSR count). The fourth-order valence-electron chi connectivity index (χ4n) is 2.08. The summed E-state index contributed by atoms with van der Waals surface area (Å²) >= 11 is -2.26. The molecule has 164 valence electrons. The van der Waals surface area contributed by atoms with Crippen molar-refractivity contribution in [3.8, 4) is 0 Å². The van der Waals surface area contributed by atoms with Crippen LogP contribution in [0.2, 0.25) is 0 Å². The summed E-state index contributed by atoms with van der Waals surface area (Å²) in [5.41, 5.74) is -0.406. The summed E-state index contributed by atoms with van der Waals surface area (Å²) in [5.74, 6) is -2.28. The highest BCUT2D eigenvalue weighted by atomic mass is 32.2. The smallest absolute Gasteiger partial charge is 0.264 e. The molecule has 0 spiro atoms. The molecule has 0 bridgehead atoms. The lowest BCUT2D eigenvalue weighted by Crippen LogP contribution is -2.28. The van der Waals surface area contributed by atoms with Crippen LogP contribution in [-0.2, 0) is 31.2 Å². The van der Waals surface area contributed by atoms with E-state index in [1.807, 2.05) is 0 Å². The molecule has 5 N–H and O–H groups in total. The quantitative estimate of drug-likeness (QED) is 0.165.